The number of nitro benzene ring substituents is 1. The Labute approximate surface area is 153 Å². The van der Waals surface area contributed by atoms with Crippen LogP contribution in [0.4, 0.5) is 21.3 Å². The van der Waals surface area contributed by atoms with Crippen LogP contribution >= 0.6 is 27.3 Å². The van der Waals surface area contributed by atoms with Gasteiger partial charge in [0.15, 0.2) is 5.13 Å². The summed E-state index contributed by atoms with van der Waals surface area (Å²) in [5.41, 5.74) is 1.22. The number of aryl methyl sites for hydroxylation is 1. The van der Waals surface area contributed by atoms with Crippen molar-refractivity contribution < 1.29 is 13.9 Å². The summed E-state index contributed by atoms with van der Waals surface area (Å²) in [7, 11) is -0.611. The van der Waals surface area contributed by atoms with Gasteiger partial charge in [0.05, 0.1) is 14.4 Å². The highest BCUT2D eigenvalue weighted by atomic mass is 79.9. The topological polar surface area (TPSA) is 114 Å². The Hall–Kier alpha value is -1.85. The molecular weight excluding hydrogens is 420 g/mol. The second kappa shape index (κ2) is 9.45. The molecular formula is C13H15BrN4O4S2. The predicted octanol–water partition coefficient (Wildman–Crippen LogP) is 3.76. The molecule has 8 nitrogen and oxygen atoms in total. The Morgan fingerprint density at radius 2 is 1.83 bits per heavy atom. The van der Waals surface area contributed by atoms with E-state index in [9.17, 15) is 19.1 Å². The zero-order valence-electron chi connectivity index (χ0n) is 13.0. The minimum absolute atomic E-state index is 0.0320. The second-order valence-corrected chi connectivity index (χ2v) is 8.30. The molecule has 1 aromatic heterocycles. The molecule has 0 aliphatic carbocycles. The number of hydrogen-bond acceptors (Lipinski definition) is 6. The summed E-state index contributed by atoms with van der Waals surface area (Å²) in [5, 5.41) is 16.1. The molecule has 0 aliphatic rings. The SMILES string of the molecule is CS(C)=O.Cc1nc(NC(=O)Nc2ccc([N+](=O)[O-])cc2)sc1Br. The number of carbonyl (C=O) groups is 1. The molecule has 1 aromatic carbocycles. The van der Waals surface area contributed by atoms with E-state index in [0.717, 1.165) is 9.48 Å². The van der Waals surface area contributed by atoms with Gasteiger partial charge in [0.25, 0.3) is 5.69 Å². The summed E-state index contributed by atoms with van der Waals surface area (Å²) < 4.78 is 10.4. The summed E-state index contributed by atoms with van der Waals surface area (Å²) in [6.45, 7) is 1.82. The fourth-order valence-corrected chi connectivity index (χ4v) is 2.60. The average molecular weight is 435 g/mol. The number of carbonyl (C=O) groups excluding carboxylic acids is 1. The van der Waals surface area contributed by atoms with E-state index in [1.54, 1.807) is 12.5 Å². The van der Waals surface area contributed by atoms with Crippen molar-refractivity contribution in [2.75, 3.05) is 23.1 Å². The van der Waals surface area contributed by atoms with E-state index in [-0.39, 0.29) is 5.69 Å². The van der Waals surface area contributed by atoms with E-state index in [1.807, 2.05) is 6.92 Å². The quantitative estimate of drug-likeness (QED) is 0.563. The van der Waals surface area contributed by atoms with Crippen LogP contribution in [0.15, 0.2) is 28.1 Å². The molecule has 0 spiro atoms. The molecule has 0 atom stereocenters. The molecule has 11 heteroatoms. The summed E-state index contributed by atoms with van der Waals surface area (Å²) >= 11 is 4.62. The minimum Gasteiger partial charge on any atom is -0.308 e. The summed E-state index contributed by atoms with van der Waals surface area (Å²) in [6.07, 6.45) is 3.28. The zero-order valence-corrected chi connectivity index (χ0v) is 16.3. The van der Waals surface area contributed by atoms with Crippen molar-refractivity contribution in [1.82, 2.24) is 4.98 Å². The Bertz CT molecular complexity index is 725. The van der Waals surface area contributed by atoms with Crippen molar-refractivity contribution in [3.63, 3.8) is 0 Å². The third kappa shape index (κ3) is 7.15. The molecule has 2 aromatic rings. The van der Waals surface area contributed by atoms with Gasteiger partial charge in [0, 0.05) is 41.1 Å². The fourth-order valence-electron chi connectivity index (χ4n) is 1.36. The number of nitrogens with one attached hydrogen (secondary N) is 2. The lowest BCUT2D eigenvalue weighted by atomic mass is 10.3. The van der Waals surface area contributed by atoms with Gasteiger partial charge in [0.1, 0.15) is 0 Å². The van der Waals surface area contributed by atoms with Crippen molar-refractivity contribution in [2.45, 2.75) is 6.92 Å². The first-order valence-electron chi connectivity index (χ1n) is 6.39. The first kappa shape index (κ1) is 20.2. The van der Waals surface area contributed by atoms with Crippen molar-refractivity contribution in [3.05, 3.63) is 43.9 Å². The van der Waals surface area contributed by atoms with Gasteiger partial charge < -0.3 is 5.32 Å². The van der Waals surface area contributed by atoms with Gasteiger partial charge in [-0.2, -0.15) is 0 Å². The number of amides is 2. The van der Waals surface area contributed by atoms with Crippen LogP contribution in [0.5, 0.6) is 0 Å². The third-order valence-electron chi connectivity index (χ3n) is 2.30. The highest BCUT2D eigenvalue weighted by Crippen LogP contribution is 2.27. The number of halogens is 1. The number of anilines is 2. The molecule has 0 aliphatic heterocycles. The number of urea groups is 1. The molecule has 2 amide bonds. The van der Waals surface area contributed by atoms with Gasteiger partial charge in [-0.05, 0) is 35.0 Å². The van der Waals surface area contributed by atoms with Crippen LogP contribution in [0.2, 0.25) is 0 Å². The van der Waals surface area contributed by atoms with Crippen molar-refractivity contribution in [1.29, 1.82) is 0 Å². The maximum atomic E-state index is 11.7. The molecule has 0 saturated carbocycles. The molecule has 1 heterocycles. The normalized spacial score (nSPS) is 9.88. The van der Waals surface area contributed by atoms with E-state index >= 15 is 0 Å². The lowest BCUT2D eigenvalue weighted by molar-refractivity contribution is -0.384. The summed E-state index contributed by atoms with van der Waals surface area (Å²) in [6, 6.07) is 5.10. The number of rotatable bonds is 3. The van der Waals surface area contributed by atoms with E-state index in [0.29, 0.717) is 10.8 Å². The maximum absolute atomic E-state index is 11.7. The van der Waals surface area contributed by atoms with Gasteiger partial charge in [-0.25, -0.2) is 9.78 Å². The lowest BCUT2D eigenvalue weighted by Gasteiger charge is -2.04. The molecule has 0 unspecified atom stereocenters. The Morgan fingerprint density at radius 3 is 2.25 bits per heavy atom. The Kier molecular flexibility index (Phi) is 7.95. The standard InChI is InChI=1S/C11H9BrN4O3S.C2H6OS/c1-6-9(12)20-11(13-6)15-10(17)14-7-2-4-8(5-3-7)16(18)19;1-4(2)3/h2-5H,1H3,(H2,13,14,15,17);1-2H3. The van der Waals surface area contributed by atoms with Gasteiger partial charge in [-0.15, -0.1) is 0 Å². The van der Waals surface area contributed by atoms with E-state index < -0.39 is 21.8 Å². The number of non-ortho nitro benzene ring substituents is 1. The van der Waals surface area contributed by atoms with Gasteiger partial charge in [-0.1, -0.05) is 11.3 Å². The summed E-state index contributed by atoms with van der Waals surface area (Å²) in [4.78, 5) is 25.9. The van der Waals surface area contributed by atoms with Crippen molar-refractivity contribution in [3.8, 4) is 0 Å². The first-order valence-corrected chi connectivity index (χ1v) is 9.97. The molecule has 0 fully saturated rings. The number of hydrogen-bond donors (Lipinski definition) is 2. The van der Waals surface area contributed by atoms with Gasteiger partial charge in [0.2, 0.25) is 0 Å². The predicted molar refractivity (Wildman–Crippen MR) is 100 cm³/mol. The molecule has 0 radical (unpaired) electrons. The van der Waals surface area contributed by atoms with Crippen LogP contribution in [0, 0.1) is 17.0 Å². The van der Waals surface area contributed by atoms with E-state index in [4.69, 9.17) is 0 Å². The number of nitrogens with zero attached hydrogens (tertiary/aromatic N) is 2. The van der Waals surface area contributed by atoms with Crippen LogP contribution in [-0.4, -0.2) is 32.7 Å². The van der Waals surface area contributed by atoms with Crippen LogP contribution in [0.25, 0.3) is 0 Å². The van der Waals surface area contributed by atoms with Crippen LogP contribution in [0.3, 0.4) is 0 Å². The largest absolute Gasteiger partial charge is 0.325 e. The van der Waals surface area contributed by atoms with Crippen LogP contribution in [0.1, 0.15) is 5.69 Å². The third-order valence-corrected chi connectivity index (χ3v) is 4.22. The Morgan fingerprint density at radius 1 is 1.29 bits per heavy atom. The van der Waals surface area contributed by atoms with Crippen LogP contribution < -0.4 is 10.6 Å². The Balaban J connectivity index is 0.000000648. The number of nitro groups is 1. The van der Waals surface area contributed by atoms with Crippen molar-refractivity contribution in [2.24, 2.45) is 0 Å². The van der Waals surface area contributed by atoms with Crippen molar-refractivity contribution >= 4 is 60.6 Å². The monoisotopic (exact) mass is 434 g/mol. The molecule has 2 N–H and O–H groups in total. The van der Waals surface area contributed by atoms with E-state index in [1.165, 1.54) is 35.6 Å². The van der Waals surface area contributed by atoms with Gasteiger partial charge >= 0.3 is 6.03 Å². The summed E-state index contributed by atoms with van der Waals surface area (Å²) in [5.74, 6) is 0. The van der Waals surface area contributed by atoms with Gasteiger partial charge in [-0.3, -0.25) is 19.6 Å². The maximum Gasteiger partial charge on any atom is 0.325 e. The highest BCUT2D eigenvalue weighted by molar-refractivity contribution is 9.11. The molecule has 130 valence electrons. The number of aromatic nitrogens is 1. The first-order chi connectivity index (χ1) is 11.2. The minimum atomic E-state index is -0.611. The molecule has 0 saturated heterocycles. The molecule has 24 heavy (non-hydrogen) atoms. The second-order valence-electron chi connectivity index (χ2n) is 4.50. The average Bonchev–Trinajstić information content (AvgIpc) is 2.76. The fraction of sp³-hybridized carbons (Fsp3) is 0.231. The van der Waals surface area contributed by atoms with E-state index in [2.05, 4.69) is 31.5 Å². The smallest absolute Gasteiger partial charge is 0.308 e. The van der Waals surface area contributed by atoms with Crippen LogP contribution in [-0.2, 0) is 10.8 Å². The molecule has 0 bridgehead atoms. The number of benzene rings is 1. The number of thiazole rings is 1. The highest BCUT2D eigenvalue weighted by Gasteiger charge is 2.09. The lowest BCUT2D eigenvalue weighted by Crippen LogP contribution is -2.19. The molecule has 2 rings (SSSR count). The zero-order chi connectivity index (χ0) is 18.3.